The van der Waals surface area contributed by atoms with E-state index in [1.807, 2.05) is 23.1 Å². The monoisotopic (exact) mass is 494 g/mol. The largest absolute Gasteiger partial charge is 0.354 e. The second-order valence-corrected chi connectivity index (χ2v) is 11.6. The molecule has 0 aromatic heterocycles. The summed E-state index contributed by atoms with van der Waals surface area (Å²) in [6, 6.07) is 9.65. The first-order chi connectivity index (χ1) is 17.5. The van der Waals surface area contributed by atoms with Crippen molar-refractivity contribution in [2.24, 2.45) is 29.4 Å². The zero-order valence-electron chi connectivity index (χ0n) is 21.4. The fraction of sp³-hybridized carbons (Fsp3) is 0.690. The molecule has 4 fully saturated rings. The first-order valence-corrected chi connectivity index (χ1v) is 14.2. The van der Waals surface area contributed by atoms with Gasteiger partial charge >= 0.3 is 0 Å². The van der Waals surface area contributed by atoms with E-state index in [0.717, 1.165) is 44.9 Å². The van der Waals surface area contributed by atoms with E-state index < -0.39 is 6.04 Å². The molecule has 7 heteroatoms. The Morgan fingerprint density at radius 1 is 0.944 bits per heavy atom. The van der Waals surface area contributed by atoms with E-state index in [1.54, 1.807) is 4.90 Å². The molecule has 4 unspecified atom stereocenters. The molecule has 4 atom stereocenters. The number of carbonyl (C=O) groups excluding carboxylic acids is 3. The standard InChI is InChI=1S/C29H42N4O3/c30-17-21-7-4-8-22(15-21)18-31-27(34)26-16-25(19-33(26)29(36)24-11-12-24)32(28(35)23-9-10-23)14-13-20-5-2-1-3-6-20/h1-3,5-6,21-26H,4,7-19,30H2,(H,31,34). The van der Waals surface area contributed by atoms with Crippen LogP contribution in [0.25, 0.3) is 0 Å². The Morgan fingerprint density at radius 2 is 1.67 bits per heavy atom. The lowest BCUT2D eigenvalue weighted by Gasteiger charge is -2.29. The van der Waals surface area contributed by atoms with E-state index in [-0.39, 0.29) is 35.6 Å². The highest BCUT2D eigenvalue weighted by molar-refractivity contribution is 5.90. The molecule has 4 aliphatic rings. The molecule has 0 radical (unpaired) electrons. The molecule has 36 heavy (non-hydrogen) atoms. The lowest BCUT2D eigenvalue weighted by Crippen LogP contribution is -2.48. The Labute approximate surface area is 215 Å². The maximum atomic E-state index is 13.4. The Hall–Kier alpha value is -2.41. The molecule has 1 aromatic rings. The number of likely N-dealkylation sites (tertiary alicyclic amines) is 1. The smallest absolute Gasteiger partial charge is 0.242 e. The van der Waals surface area contributed by atoms with E-state index in [2.05, 4.69) is 17.4 Å². The minimum atomic E-state index is -0.483. The van der Waals surface area contributed by atoms with Gasteiger partial charge in [-0.15, -0.1) is 0 Å². The third kappa shape index (κ3) is 6.10. The van der Waals surface area contributed by atoms with Crippen molar-refractivity contribution in [1.82, 2.24) is 15.1 Å². The van der Waals surface area contributed by atoms with Gasteiger partial charge in [-0.3, -0.25) is 14.4 Å². The summed E-state index contributed by atoms with van der Waals surface area (Å²) in [7, 11) is 0. The van der Waals surface area contributed by atoms with Crippen molar-refractivity contribution in [1.29, 1.82) is 0 Å². The van der Waals surface area contributed by atoms with E-state index in [9.17, 15) is 14.4 Å². The summed E-state index contributed by atoms with van der Waals surface area (Å²) in [6.45, 7) is 2.47. The van der Waals surface area contributed by atoms with Crippen LogP contribution >= 0.6 is 0 Å². The third-order valence-electron chi connectivity index (χ3n) is 8.72. The molecule has 3 amide bonds. The summed E-state index contributed by atoms with van der Waals surface area (Å²) < 4.78 is 0. The van der Waals surface area contributed by atoms with Crippen molar-refractivity contribution in [3.05, 3.63) is 35.9 Å². The predicted molar refractivity (Wildman–Crippen MR) is 139 cm³/mol. The summed E-state index contributed by atoms with van der Waals surface area (Å²) >= 11 is 0. The zero-order chi connectivity index (χ0) is 25.1. The van der Waals surface area contributed by atoms with Crippen molar-refractivity contribution < 1.29 is 14.4 Å². The van der Waals surface area contributed by atoms with Crippen LogP contribution in [0.4, 0.5) is 0 Å². The summed E-state index contributed by atoms with van der Waals surface area (Å²) in [4.78, 5) is 43.7. The SMILES string of the molecule is NCC1CCCC(CNC(=O)C2CC(N(CCc3ccccc3)C(=O)C3CC3)CN2C(=O)C2CC2)C1. The van der Waals surface area contributed by atoms with E-state index >= 15 is 0 Å². The minimum absolute atomic E-state index is 0.0525. The predicted octanol–water partition coefficient (Wildman–Crippen LogP) is 2.73. The molecule has 196 valence electrons. The van der Waals surface area contributed by atoms with E-state index in [4.69, 9.17) is 5.73 Å². The van der Waals surface area contributed by atoms with Crippen LogP contribution in [0.2, 0.25) is 0 Å². The van der Waals surface area contributed by atoms with Gasteiger partial charge in [0.1, 0.15) is 6.04 Å². The van der Waals surface area contributed by atoms with Gasteiger partial charge in [0.2, 0.25) is 17.7 Å². The summed E-state index contributed by atoms with van der Waals surface area (Å²) in [5.41, 5.74) is 7.10. The van der Waals surface area contributed by atoms with Crippen LogP contribution in [0.1, 0.15) is 63.4 Å². The number of benzene rings is 1. The van der Waals surface area contributed by atoms with Crippen LogP contribution in [0, 0.1) is 23.7 Å². The van der Waals surface area contributed by atoms with Gasteiger partial charge in [0.25, 0.3) is 0 Å². The summed E-state index contributed by atoms with van der Waals surface area (Å²) in [5, 5.41) is 3.19. The van der Waals surface area contributed by atoms with Crippen LogP contribution in [-0.2, 0) is 20.8 Å². The van der Waals surface area contributed by atoms with Gasteiger partial charge < -0.3 is 20.9 Å². The van der Waals surface area contributed by atoms with Crippen LogP contribution < -0.4 is 11.1 Å². The molecule has 1 saturated heterocycles. The van der Waals surface area contributed by atoms with E-state index in [0.29, 0.717) is 44.4 Å². The normalized spacial score (nSPS) is 28.1. The van der Waals surface area contributed by atoms with Gasteiger partial charge in [0.15, 0.2) is 0 Å². The van der Waals surface area contributed by atoms with Gasteiger partial charge in [0.05, 0.1) is 6.04 Å². The number of hydrogen-bond donors (Lipinski definition) is 2. The lowest BCUT2D eigenvalue weighted by molar-refractivity contribution is -0.139. The highest BCUT2D eigenvalue weighted by atomic mass is 16.2. The molecular weight excluding hydrogens is 452 g/mol. The topological polar surface area (TPSA) is 95.7 Å². The highest BCUT2D eigenvalue weighted by Crippen LogP contribution is 2.37. The zero-order valence-corrected chi connectivity index (χ0v) is 21.4. The molecule has 1 aliphatic heterocycles. The molecule has 5 rings (SSSR count). The summed E-state index contributed by atoms with van der Waals surface area (Å²) in [6.07, 6.45) is 9.59. The number of nitrogens with one attached hydrogen (secondary N) is 1. The number of amides is 3. The fourth-order valence-corrected chi connectivity index (χ4v) is 6.19. The maximum Gasteiger partial charge on any atom is 0.242 e. The van der Waals surface area contributed by atoms with Crippen LogP contribution in [0.3, 0.4) is 0 Å². The van der Waals surface area contributed by atoms with Crippen molar-refractivity contribution in [3.63, 3.8) is 0 Å². The first kappa shape index (κ1) is 25.2. The lowest BCUT2D eigenvalue weighted by atomic mass is 9.81. The number of nitrogens with zero attached hydrogens (tertiary/aromatic N) is 2. The third-order valence-corrected chi connectivity index (χ3v) is 8.72. The fourth-order valence-electron chi connectivity index (χ4n) is 6.19. The molecule has 7 nitrogen and oxygen atoms in total. The molecule has 3 N–H and O–H groups in total. The van der Waals surface area contributed by atoms with Gasteiger partial charge in [-0.2, -0.15) is 0 Å². The van der Waals surface area contributed by atoms with Crippen LogP contribution in [0.5, 0.6) is 0 Å². The Morgan fingerprint density at radius 3 is 2.36 bits per heavy atom. The molecular formula is C29H42N4O3. The Balaban J connectivity index is 1.26. The number of hydrogen-bond acceptors (Lipinski definition) is 4. The average molecular weight is 495 g/mol. The quantitative estimate of drug-likeness (QED) is 0.523. The minimum Gasteiger partial charge on any atom is -0.354 e. The second-order valence-electron chi connectivity index (χ2n) is 11.6. The van der Waals surface area contributed by atoms with Gasteiger partial charge in [-0.25, -0.2) is 0 Å². The molecule has 1 aromatic carbocycles. The number of carbonyl (C=O) groups is 3. The van der Waals surface area contributed by atoms with Crippen molar-refractivity contribution in [2.75, 3.05) is 26.2 Å². The van der Waals surface area contributed by atoms with E-state index in [1.165, 1.54) is 18.4 Å². The van der Waals surface area contributed by atoms with Crippen LogP contribution in [0.15, 0.2) is 30.3 Å². The maximum absolute atomic E-state index is 13.4. The molecule has 0 bridgehead atoms. The highest BCUT2D eigenvalue weighted by Gasteiger charge is 2.47. The van der Waals surface area contributed by atoms with Crippen molar-refractivity contribution in [3.8, 4) is 0 Å². The van der Waals surface area contributed by atoms with Crippen molar-refractivity contribution >= 4 is 17.7 Å². The van der Waals surface area contributed by atoms with Crippen molar-refractivity contribution in [2.45, 2.75) is 76.3 Å². The van der Waals surface area contributed by atoms with Gasteiger partial charge in [-0.05, 0) is 81.7 Å². The average Bonchev–Trinajstić information content (AvgIpc) is 3.84. The second kappa shape index (κ2) is 11.3. The van der Waals surface area contributed by atoms with Gasteiger partial charge in [-0.1, -0.05) is 36.8 Å². The molecule has 3 aliphatic carbocycles. The number of rotatable bonds is 10. The molecule has 3 saturated carbocycles. The summed E-state index contributed by atoms with van der Waals surface area (Å²) in [5.74, 6) is 1.42. The number of nitrogens with two attached hydrogens (primary N) is 1. The molecule has 0 spiro atoms. The van der Waals surface area contributed by atoms with Gasteiger partial charge in [0, 0.05) is 31.5 Å². The Kier molecular flexibility index (Phi) is 7.94. The molecule has 1 heterocycles. The van der Waals surface area contributed by atoms with Crippen LogP contribution in [-0.4, -0.2) is 65.8 Å². The Bertz CT molecular complexity index is 930. The first-order valence-electron chi connectivity index (χ1n) is 14.2.